The molecule has 0 aromatic carbocycles. The number of nitrogens with one attached hydrogen (secondary N) is 1. The van der Waals surface area contributed by atoms with Crippen molar-refractivity contribution in [2.75, 3.05) is 13.1 Å². The summed E-state index contributed by atoms with van der Waals surface area (Å²) in [6, 6.07) is 0.811. The molecule has 0 spiro atoms. The van der Waals surface area contributed by atoms with Gasteiger partial charge in [0.1, 0.15) is 0 Å². The van der Waals surface area contributed by atoms with Gasteiger partial charge in [-0.2, -0.15) is 0 Å². The average Bonchev–Trinajstić information content (AvgIpc) is 2.76. The van der Waals surface area contributed by atoms with Gasteiger partial charge in [-0.3, -0.25) is 0 Å². The molecule has 4 atom stereocenters. The van der Waals surface area contributed by atoms with E-state index in [0.717, 1.165) is 6.04 Å². The van der Waals surface area contributed by atoms with Crippen molar-refractivity contribution in [1.82, 2.24) is 0 Å². The van der Waals surface area contributed by atoms with E-state index < -0.39 is 0 Å². The summed E-state index contributed by atoms with van der Waals surface area (Å²) in [7, 11) is 0. The first kappa shape index (κ1) is 9.17. The van der Waals surface area contributed by atoms with Gasteiger partial charge < -0.3 is 10.0 Å². The summed E-state index contributed by atoms with van der Waals surface area (Å²) in [4.78, 5) is 1.81. The number of hydrogen-bond donors (Lipinski definition) is 2. The second-order valence-corrected chi connectivity index (χ2v) is 5.54. The molecule has 1 heterocycles. The van der Waals surface area contributed by atoms with Gasteiger partial charge in [0.2, 0.25) is 0 Å². The van der Waals surface area contributed by atoms with Crippen LogP contribution in [0.1, 0.15) is 38.5 Å². The quantitative estimate of drug-likeness (QED) is 0.616. The van der Waals surface area contributed by atoms with E-state index in [1.165, 1.54) is 51.6 Å². The van der Waals surface area contributed by atoms with Crippen molar-refractivity contribution in [3.8, 4) is 0 Å². The topological polar surface area (TPSA) is 24.7 Å². The second-order valence-electron chi connectivity index (χ2n) is 5.54. The Bertz CT molecular complexity index is 212. The van der Waals surface area contributed by atoms with Crippen molar-refractivity contribution in [3.05, 3.63) is 0 Å². The summed E-state index contributed by atoms with van der Waals surface area (Å²) >= 11 is 0. The Balaban J connectivity index is 1.73. The number of likely N-dealkylation sites (tertiary alicyclic amines) is 1. The lowest BCUT2D eigenvalue weighted by atomic mass is 9.81. The standard InChI is InChI=1S/C12H21NO/c14-12-9-3-5-10(12)11(6-4-9)13-7-1-2-8-13/h9-12,14H,1-8H2/p+1/t9-,10+,11+,12+/m0/s1. The molecular weight excluding hydrogens is 174 g/mol. The van der Waals surface area contributed by atoms with Crippen molar-refractivity contribution < 1.29 is 10.0 Å². The molecule has 1 aliphatic heterocycles. The molecule has 1 saturated heterocycles. The van der Waals surface area contributed by atoms with Gasteiger partial charge in [0.15, 0.2) is 0 Å². The van der Waals surface area contributed by atoms with Crippen molar-refractivity contribution in [1.29, 1.82) is 0 Å². The van der Waals surface area contributed by atoms with Gasteiger partial charge in [0.25, 0.3) is 0 Å². The van der Waals surface area contributed by atoms with E-state index >= 15 is 0 Å². The Morgan fingerprint density at radius 3 is 2.43 bits per heavy atom. The molecule has 2 N–H and O–H groups in total. The van der Waals surface area contributed by atoms with Crippen LogP contribution in [0.2, 0.25) is 0 Å². The fourth-order valence-corrected chi connectivity index (χ4v) is 4.17. The number of aliphatic hydroxyl groups excluding tert-OH is 1. The zero-order valence-corrected chi connectivity index (χ0v) is 8.91. The van der Waals surface area contributed by atoms with E-state index in [-0.39, 0.29) is 6.10 Å². The number of rotatable bonds is 1. The van der Waals surface area contributed by atoms with Gasteiger partial charge in [-0.25, -0.2) is 0 Å². The van der Waals surface area contributed by atoms with Gasteiger partial charge in [-0.05, 0) is 25.2 Å². The third kappa shape index (κ3) is 1.31. The van der Waals surface area contributed by atoms with E-state index in [1.54, 1.807) is 0 Å². The van der Waals surface area contributed by atoms with Crippen LogP contribution in [0.15, 0.2) is 0 Å². The van der Waals surface area contributed by atoms with Gasteiger partial charge in [-0.15, -0.1) is 0 Å². The maximum atomic E-state index is 10.1. The van der Waals surface area contributed by atoms with Crippen molar-refractivity contribution >= 4 is 0 Å². The molecule has 3 fully saturated rings. The monoisotopic (exact) mass is 196 g/mol. The summed E-state index contributed by atoms with van der Waals surface area (Å²) in [5.74, 6) is 1.32. The highest BCUT2D eigenvalue weighted by atomic mass is 16.3. The third-order valence-corrected chi connectivity index (χ3v) is 4.93. The lowest BCUT2D eigenvalue weighted by molar-refractivity contribution is -0.919. The minimum Gasteiger partial charge on any atom is -0.392 e. The zero-order valence-electron chi connectivity index (χ0n) is 8.91. The summed E-state index contributed by atoms with van der Waals surface area (Å²) in [6.07, 6.45) is 8.18. The molecule has 2 saturated carbocycles. The predicted molar refractivity (Wildman–Crippen MR) is 55.2 cm³/mol. The molecule has 80 valence electrons. The highest BCUT2D eigenvalue weighted by molar-refractivity contribution is 4.93. The molecule has 0 radical (unpaired) electrons. The first-order chi connectivity index (χ1) is 6.86. The fourth-order valence-electron chi connectivity index (χ4n) is 4.17. The van der Waals surface area contributed by atoms with Crippen LogP contribution in [0.25, 0.3) is 0 Å². The van der Waals surface area contributed by atoms with Gasteiger partial charge >= 0.3 is 0 Å². The largest absolute Gasteiger partial charge is 0.392 e. The minimum absolute atomic E-state index is 0.0573. The summed E-state index contributed by atoms with van der Waals surface area (Å²) in [5.41, 5.74) is 0. The molecule has 0 aromatic rings. The van der Waals surface area contributed by atoms with Crippen molar-refractivity contribution in [3.63, 3.8) is 0 Å². The van der Waals surface area contributed by atoms with Gasteiger partial charge in [-0.1, -0.05) is 0 Å². The van der Waals surface area contributed by atoms with Crippen molar-refractivity contribution in [2.24, 2.45) is 11.8 Å². The SMILES string of the molecule is O[C@@H]1[C@H]2CC[C@@H]1[C@H]([NH+]1CCCC1)CC2. The van der Waals surface area contributed by atoms with Gasteiger partial charge in [0, 0.05) is 25.2 Å². The summed E-state index contributed by atoms with van der Waals surface area (Å²) in [5, 5.41) is 10.1. The Kier molecular flexibility index (Phi) is 2.29. The third-order valence-electron chi connectivity index (χ3n) is 4.93. The van der Waals surface area contributed by atoms with E-state index in [2.05, 4.69) is 0 Å². The Morgan fingerprint density at radius 1 is 0.929 bits per heavy atom. The van der Waals surface area contributed by atoms with Crippen LogP contribution in [0, 0.1) is 11.8 Å². The highest BCUT2D eigenvalue weighted by Crippen LogP contribution is 2.41. The molecule has 2 aliphatic carbocycles. The number of fused-ring (bicyclic) bond motifs is 2. The molecular formula is C12H22NO+. The molecule has 14 heavy (non-hydrogen) atoms. The van der Waals surface area contributed by atoms with Crippen LogP contribution in [-0.4, -0.2) is 30.3 Å². The van der Waals surface area contributed by atoms with Crippen LogP contribution in [0.5, 0.6) is 0 Å². The normalized spacial score (nSPS) is 48.6. The minimum atomic E-state index is 0.0573. The number of aliphatic hydroxyl groups is 1. The molecule has 2 bridgehead atoms. The molecule has 3 rings (SSSR count). The first-order valence-corrected chi connectivity index (χ1v) is 6.39. The van der Waals surface area contributed by atoms with Crippen LogP contribution < -0.4 is 4.90 Å². The predicted octanol–water partition coefficient (Wildman–Crippen LogP) is 0.215. The molecule has 0 unspecified atom stereocenters. The van der Waals surface area contributed by atoms with E-state index in [9.17, 15) is 5.11 Å². The van der Waals surface area contributed by atoms with E-state index in [4.69, 9.17) is 0 Å². The van der Waals surface area contributed by atoms with Crippen LogP contribution in [0.3, 0.4) is 0 Å². The van der Waals surface area contributed by atoms with E-state index in [1.807, 2.05) is 4.90 Å². The average molecular weight is 196 g/mol. The summed E-state index contributed by atoms with van der Waals surface area (Å²) < 4.78 is 0. The second kappa shape index (κ2) is 3.49. The number of quaternary nitrogens is 1. The maximum absolute atomic E-state index is 10.1. The van der Waals surface area contributed by atoms with Crippen LogP contribution in [-0.2, 0) is 0 Å². The molecule has 2 heteroatoms. The smallest absolute Gasteiger partial charge is 0.0928 e. The van der Waals surface area contributed by atoms with Crippen LogP contribution in [0.4, 0.5) is 0 Å². The molecule has 3 aliphatic rings. The Hall–Kier alpha value is -0.0800. The Labute approximate surface area is 86.3 Å². The van der Waals surface area contributed by atoms with Gasteiger partial charge in [0.05, 0.1) is 25.2 Å². The number of hydrogen-bond acceptors (Lipinski definition) is 1. The zero-order chi connectivity index (χ0) is 9.54. The fraction of sp³-hybridized carbons (Fsp3) is 1.00. The Morgan fingerprint density at radius 2 is 1.64 bits per heavy atom. The molecule has 0 aromatic heterocycles. The molecule has 0 amide bonds. The molecule has 2 nitrogen and oxygen atoms in total. The lowest BCUT2D eigenvalue weighted by Crippen LogP contribution is -3.15. The highest BCUT2D eigenvalue weighted by Gasteiger charge is 2.47. The first-order valence-electron chi connectivity index (χ1n) is 6.39. The summed E-state index contributed by atoms with van der Waals surface area (Å²) in [6.45, 7) is 2.75. The van der Waals surface area contributed by atoms with E-state index in [0.29, 0.717) is 11.8 Å². The maximum Gasteiger partial charge on any atom is 0.0928 e. The lowest BCUT2D eigenvalue weighted by Gasteiger charge is -2.36. The van der Waals surface area contributed by atoms with Crippen LogP contribution >= 0.6 is 0 Å². The van der Waals surface area contributed by atoms with Crippen molar-refractivity contribution in [2.45, 2.75) is 50.7 Å².